The summed E-state index contributed by atoms with van der Waals surface area (Å²) in [6.45, 7) is 3.66. The number of anilines is 1. The third-order valence-electron chi connectivity index (χ3n) is 5.11. The Hall–Kier alpha value is -2.37. The number of benzene rings is 2. The molecule has 1 aliphatic heterocycles. The van der Waals surface area contributed by atoms with Crippen molar-refractivity contribution in [3.8, 4) is 0 Å². The molecule has 1 aliphatic rings. The Morgan fingerprint density at radius 1 is 1.00 bits per heavy atom. The molecule has 0 atom stereocenters. The molecule has 2 N–H and O–H groups in total. The average Bonchev–Trinajstić information content (AvgIpc) is 2.72. The molecule has 2 amide bonds. The van der Waals surface area contributed by atoms with E-state index in [0.29, 0.717) is 23.2 Å². The predicted molar refractivity (Wildman–Crippen MR) is 112 cm³/mol. The van der Waals surface area contributed by atoms with Crippen molar-refractivity contribution in [3.63, 3.8) is 0 Å². The summed E-state index contributed by atoms with van der Waals surface area (Å²) in [5.74, 6) is -0.857. The van der Waals surface area contributed by atoms with Crippen LogP contribution >= 0.6 is 11.6 Å². The van der Waals surface area contributed by atoms with Gasteiger partial charge in [-0.2, -0.15) is 0 Å². The van der Waals surface area contributed by atoms with Crippen LogP contribution in [0.2, 0.25) is 5.02 Å². The van der Waals surface area contributed by atoms with E-state index in [-0.39, 0.29) is 0 Å². The second kappa shape index (κ2) is 10.2. The lowest BCUT2D eigenvalue weighted by Crippen LogP contribution is -2.42. The first kappa shape index (κ1) is 20.4. The van der Waals surface area contributed by atoms with Crippen LogP contribution in [0.4, 0.5) is 5.69 Å². The molecule has 2 aromatic carbocycles. The van der Waals surface area contributed by atoms with E-state index in [1.165, 1.54) is 5.56 Å². The van der Waals surface area contributed by atoms with E-state index in [1.54, 1.807) is 24.3 Å². The summed E-state index contributed by atoms with van der Waals surface area (Å²) in [6, 6.07) is 17.3. The molecule has 0 aromatic heterocycles. The van der Waals surface area contributed by atoms with Crippen LogP contribution in [0, 0.1) is 5.92 Å². The minimum absolute atomic E-state index is 0.413. The number of hydrogen-bond acceptors (Lipinski definition) is 3. The van der Waals surface area contributed by atoms with Gasteiger partial charge in [-0.05, 0) is 62.0 Å². The van der Waals surface area contributed by atoms with Crippen LogP contribution in [0.1, 0.15) is 18.4 Å². The highest BCUT2D eigenvalue weighted by molar-refractivity contribution is 6.39. The van der Waals surface area contributed by atoms with E-state index in [1.807, 2.05) is 6.07 Å². The second-order valence-corrected chi connectivity index (χ2v) is 7.63. The number of likely N-dealkylation sites (tertiary alicyclic amines) is 1. The van der Waals surface area contributed by atoms with Gasteiger partial charge in [0.1, 0.15) is 0 Å². The number of carbonyl (C=O) groups excluding carboxylic acids is 2. The maximum Gasteiger partial charge on any atom is 0.313 e. The summed E-state index contributed by atoms with van der Waals surface area (Å²) in [6.07, 6.45) is 3.13. The van der Waals surface area contributed by atoms with Crippen LogP contribution in [0.5, 0.6) is 0 Å². The summed E-state index contributed by atoms with van der Waals surface area (Å²) in [7, 11) is 0. The van der Waals surface area contributed by atoms with Crippen LogP contribution < -0.4 is 10.6 Å². The second-order valence-electron chi connectivity index (χ2n) is 7.20. The lowest BCUT2D eigenvalue weighted by Gasteiger charge is -2.32. The van der Waals surface area contributed by atoms with E-state index in [0.717, 1.165) is 38.9 Å². The highest BCUT2D eigenvalue weighted by atomic mass is 35.5. The fourth-order valence-electron chi connectivity index (χ4n) is 3.42. The highest BCUT2D eigenvalue weighted by Crippen LogP contribution is 2.17. The monoisotopic (exact) mass is 399 g/mol. The van der Waals surface area contributed by atoms with Gasteiger partial charge in [0.05, 0.1) is 0 Å². The van der Waals surface area contributed by atoms with Gasteiger partial charge < -0.3 is 15.5 Å². The number of hydrogen-bond donors (Lipinski definition) is 2. The van der Waals surface area contributed by atoms with Gasteiger partial charge in [0, 0.05) is 23.8 Å². The zero-order chi connectivity index (χ0) is 19.8. The normalized spacial score (nSPS) is 15.2. The van der Waals surface area contributed by atoms with Crippen molar-refractivity contribution < 1.29 is 9.59 Å². The first-order valence-corrected chi connectivity index (χ1v) is 10.1. The van der Waals surface area contributed by atoms with Crippen LogP contribution in [-0.4, -0.2) is 42.9 Å². The van der Waals surface area contributed by atoms with E-state index >= 15 is 0 Å². The third-order valence-corrected chi connectivity index (χ3v) is 5.34. The van der Waals surface area contributed by atoms with Crippen LogP contribution in [0.3, 0.4) is 0 Å². The number of halogens is 1. The molecule has 0 bridgehead atoms. The molecule has 1 saturated heterocycles. The van der Waals surface area contributed by atoms with Crippen molar-refractivity contribution in [3.05, 3.63) is 65.2 Å². The molecule has 3 rings (SSSR count). The maximum absolute atomic E-state index is 12.0. The first-order valence-electron chi connectivity index (χ1n) is 9.71. The Morgan fingerprint density at radius 3 is 2.46 bits per heavy atom. The minimum Gasteiger partial charge on any atom is -0.348 e. The summed E-state index contributed by atoms with van der Waals surface area (Å²) >= 11 is 5.88. The van der Waals surface area contributed by atoms with Gasteiger partial charge in [-0.15, -0.1) is 0 Å². The van der Waals surface area contributed by atoms with Gasteiger partial charge in [-0.1, -0.05) is 48.0 Å². The molecular weight excluding hydrogens is 374 g/mol. The lowest BCUT2D eigenvalue weighted by atomic mass is 9.96. The van der Waals surface area contributed by atoms with Gasteiger partial charge >= 0.3 is 11.8 Å². The third kappa shape index (κ3) is 6.36. The fraction of sp³-hybridized carbons (Fsp3) is 0.364. The van der Waals surface area contributed by atoms with E-state index in [4.69, 9.17) is 11.6 Å². The lowest BCUT2D eigenvalue weighted by molar-refractivity contribution is -0.136. The Labute approximate surface area is 171 Å². The van der Waals surface area contributed by atoms with Crippen molar-refractivity contribution in [1.29, 1.82) is 0 Å². The van der Waals surface area contributed by atoms with Crippen LogP contribution in [0.25, 0.3) is 0 Å². The quantitative estimate of drug-likeness (QED) is 0.732. The first-order chi connectivity index (χ1) is 13.6. The Bertz CT molecular complexity index is 789. The average molecular weight is 400 g/mol. The number of amides is 2. The zero-order valence-corrected chi connectivity index (χ0v) is 16.6. The fourth-order valence-corrected chi connectivity index (χ4v) is 3.61. The minimum atomic E-state index is -0.664. The van der Waals surface area contributed by atoms with Crippen molar-refractivity contribution in [2.45, 2.75) is 19.3 Å². The van der Waals surface area contributed by atoms with E-state index in [2.05, 4.69) is 39.8 Å². The molecular formula is C22H26ClN3O2. The van der Waals surface area contributed by atoms with Crippen LogP contribution in [0.15, 0.2) is 54.6 Å². The molecule has 5 nitrogen and oxygen atoms in total. The Kier molecular flexibility index (Phi) is 7.46. The largest absolute Gasteiger partial charge is 0.348 e. The standard InChI is InChI=1S/C22H26ClN3O2/c23-19-7-4-8-20(15-19)25-22(28)21(27)24-16-18-10-13-26(14-11-18)12-9-17-5-2-1-3-6-17/h1-8,15,18H,9-14,16H2,(H,24,27)(H,25,28). The van der Waals surface area contributed by atoms with Crippen molar-refractivity contribution in [2.24, 2.45) is 5.92 Å². The molecule has 1 fully saturated rings. The summed E-state index contributed by atoms with van der Waals surface area (Å²) < 4.78 is 0. The van der Waals surface area contributed by atoms with Crippen LogP contribution in [-0.2, 0) is 16.0 Å². The number of nitrogens with zero attached hydrogens (tertiary/aromatic N) is 1. The predicted octanol–water partition coefficient (Wildman–Crippen LogP) is 3.35. The number of nitrogens with one attached hydrogen (secondary N) is 2. The molecule has 0 spiro atoms. The van der Waals surface area contributed by atoms with Gasteiger partial charge in [0.2, 0.25) is 0 Å². The molecule has 1 heterocycles. The molecule has 2 aromatic rings. The van der Waals surface area contributed by atoms with Gasteiger partial charge in [0.25, 0.3) is 0 Å². The molecule has 0 aliphatic carbocycles. The van der Waals surface area contributed by atoms with E-state index < -0.39 is 11.8 Å². The molecule has 0 saturated carbocycles. The summed E-state index contributed by atoms with van der Waals surface area (Å²) in [5, 5.41) is 5.83. The van der Waals surface area contributed by atoms with Gasteiger partial charge in [-0.3, -0.25) is 9.59 Å². The molecule has 6 heteroatoms. The highest BCUT2D eigenvalue weighted by Gasteiger charge is 2.21. The number of rotatable bonds is 6. The zero-order valence-electron chi connectivity index (χ0n) is 15.9. The molecule has 28 heavy (non-hydrogen) atoms. The SMILES string of the molecule is O=C(NCC1CCN(CCc2ccccc2)CC1)C(=O)Nc1cccc(Cl)c1. The Balaban J connectivity index is 1.34. The summed E-state index contributed by atoms with van der Waals surface area (Å²) in [5.41, 5.74) is 1.88. The molecule has 0 radical (unpaired) electrons. The molecule has 148 valence electrons. The Morgan fingerprint density at radius 2 is 1.75 bits per heavy atom. The maximum atomic E-state index is 12.0. The van der Waals surface area contributed by atoms with Gasteiger partial charge in [0.15, 0.2) is 0 Å². The van der Waals surface area contributed by atoms with Crippen molar-refractivity contribution in [2.75, 3.05) is 31.5 Å². The molecule has 0 unspecified atom stereocenters. The van der Waals surface area contributed by atoms with Crippen molar-refractivity contribution in [1.82, 2.24) is 10.2 Å². The topological polar surface area (TPSA) is 61.4 Å². The smallest absolute Gasteiger partial charge is 0.313 e. The van der Waals surface area contributed by atoms with Crippen molar-refractivity contribution >= 4 is 29.1 Å². The van der Waals surface area contributed by atoms with E-state index in [9.17, 15) is 9.59 Å². The van der Waals surface area contributed by atoms with Gasteiger partial charge in [-0.25, -0.2) is 0 Å². The summed E-state index contributed by atoms with van der Waals surface area (Å²) in [4.78, 5) is 26.5. The number of carbonyl (C=O) groups is 2. The number of piperidine rings is 1.